The van der Waals surface area contributed by atoms with Crippen molar-refractivity contribution in [1.29, 1.82) is 0 Å². The van der Waals surface area contributed by atoms with E-state index < -0.39 is 29.2 Å². The number of carbonyl (C=O) groups is 2. The second-order valence-corrected chi connectivity index (χ2v) is 11.9. The van der Waals surface area contributed by atoms with Gasteiger partial charge in [0.25, 0.3) is 0 Å². The normalized spacial score (nSPS) is 13.0. The summed E-state index contributed by atoms with van der Waals surface area (Å²) < 4.78 is 32.5. The lowest BCUT2D eigenvalue weighted by atomic mass is 10.0. The van der Waals surface area contributed by atoms with Gasteiger partial charge in [0.05, 0.1) is 23.6 Å². The molecule has 1 aliphatic rings. The number of amides is 2. The number of carbonyl (C=O) groups excluding carboxylic acids is 2. The summed E-state index contributed by atoms with van der Waals surface area (Å²) >= 11 is 0. The van der Waals surface area contributed by atoms with Crippen LogP contribution in [0.5, 0.6) is 5.75 Å². The summed E-state index contributed by atoms with van der Waals surface area (Å²) in [6.45, 7) is 12.8. The van der Waals surface area contributed by atoms with Gasteiger partial charge in [0.15, 0.2) is 17.4 Å². The molecule has 1 aromatic carbocycles. The highest BCUT2D eigenvalue weighted by atomic mass is 19.1. The van der Waals surface area contributed by atoms with Gasteiger partial charge in [0, 0.05) is 31.4 Å². The molecule has 0 unspecified atom stereocenters. The lowest BCUT2D eigenvalue weighted by molar-refractivity contribution is 0.0583. The number of benzene rings is 1. The SMILES string of the molecule is Cc1cc(N(C)C(=O)OC(C)(C)C)cc(Nc2nc3c(c(-c4ccc(/C=N/C(=O)OC(C)(C)C)cc4)c2F)OCC3)n1. The Balaban J connectivity index is 1.63. The van der Waals surface area contributed by atoms with Crippen molar-refractivity contribution in [1.82, 2.24) is 9.97 Å². The number of pyridine rings is 2. The van der Waals surface area contributed by atoms with E-state index in [1.165, 1.54) is 11.1 Å². The second kappa shape index (κ2) is 11.8. The maximum atomic E-state index is 16.1. The Labute approximate surface area is 244 Å². The van der Waals surface area contributed by atoms with Gasteiger partial charge in [0.2, 0.25) is 0 Å². The largest absolute Gasteiger partial charge is 0.490 e. The summed E-state index contributed by atoms with van der Waals surface area (Å²) in [6, 6.07) is 10.2. The number of aromatic nitrogens is 2. The predicted molar refractivity (Wildman–Crippen MR) is 160 cm³/mol. The average molecular weight is 578 g/mol. The molecular weight excluding hydrogens is 541 g/mol. The minimum atomic E-state index is -0.695. The molecule has 0 radical (unpaired) electrons. The number of hydrogen-bond donors (Lipinski definition) is 1. The summed E-state index contributed by atoms with van der Waals surface area (Å²) in [5.74, 6) is 0.0612. The number of rotatable bonds is 5. The third-order valence-electron chi connectivity index (χ3n) is 5.90. The van der Waals surface area contributed by atoms with Crippen LogP contribution >= 0.6 is 0 Å². The molecule has 1 N–H and O–H groups in total. The van der Waals surface area contributed by atoms with E-state index in [9.17, 15) is 9.59 Å². The van der Waals surface area contributed by atoms with Gasteiger partial charge in [-0.2, -0.15) is 4.99 Å². The molecule has 0 bridgehead atoms. The molecule has 2 amide bonds. The number of aliphatic imine (C=N–C) groups is 1. The monoisotopic (exact) mass is 577 g/mol. The Hall–Kier alpha value is -4.54. The van der Waals surface area contributed by atoms with Crippen molar-refractivity contribution in [3.63, 3.8) is 0 Å². The van der Waals surface area contributed by atoms with E-state index in [4.69, 9.17) is 14.2 Å². The highest BCUT2D eigenvalue weighted by Gasteiger charge is 2.27. The second-order valence-electron chi connectivity index (χ2n) is 11.9. The number of hydrogen-bond acceptors (Lipinski definition) is 8. The Morgan fingerprint density at radius 3 is 2.36 bits per heavy atom. The first kappa shape index (κ1) is 30.4. The smallest absolute Gasteiger partial charge is 0.434 e. The minimum Gasteiger partial charge on any atom is -0.490 e. The van der Waals surface area contributed by atoms with Gasteiger partial charge in [-0.25, -0.2) is 23.9 Å². The molecule has 0 aliphatic carbocycles. The van der Waals surface area contributed by atoms with Crippen LogP contribution in [0.3, 0.4) is 0 Å². The molecule has 1 aliphatic heterocycles. The van der Waals surface area contributed by atoms with Gasteiger partial charge in [-0.15, -0.1) is 0 Å². The van der Waals surface area contributed by atoms with Crippen LogP contribution in [0.25, 0.3) is 11.1 Å². The van der Waals surface area contributed by atoms with Crippen LogP contribution in [0, 0.1) is 12.7 Å². The molecule has 2 aromatic heterocycles. The molecule has 4 rings (SSSR count). The van der Waals surface area contributed by atoms with E-state index in [1.54, 1.807) is 91.9 Å². The highest BCUT2D eigenvalue weighted by molar-refractivity contribution is 5.90. The third-order valence-corrected chi connectivity index (χ3v) is 5.90. The molecule has 3 heterocycles. The van der Waals surface area contributed by atoms with Crippen LogP contribution < -0.4 is 15.0 Å². The summed E-state index contributed by atoms with van der Waals surface area (Å²) in [5.41, 5.74) is 1.90. The standard InChI is InChI=1S/C31H36FN5O5/c1-18-15-21(37(8)29(39)42-31(5,6)7)16-23(34-18)36-27-25(32)24(26-22(35-27)13-14-40-26)20-11-9-19(10-12-20)17-33-28(38)41-30(2,3)4/h9-12,15-17H,13-14H2,1-8H3,(H,34,35,36)/b33-17+. The van der Waals surface area contributed by atoms with Crippen molar-refractivity contribution >= 4 is 35.7 Å². The molecule has 0 atom stereocenters. The fourth-order valence-electron chi connectivity index (χ4n) is 4.13. The number of nitrogens with one attached hydrogen (secondary N) is 1. The lowest BCUT2D eigenvalue weighted by Crippen LogP contribution is -2.34. The molecule has 222 valence electrons. The molecule has 0 spiro atoms. The van der Waals surface area contributed by atoms with Crippen molar-refractivity contribution in [2.45, 2.75) is 66.1 Å². The molecule has 11 heteroatoms. The van der Waals surface area contributed by atoms with Crippen LogP contribution in [0.1, 0.15) is 58.5 Å². The fraction of sp³-hybridized carbons (Fsp3) is 0.387. The first-order valence-electron chi connectivity index (χ1n) is 13.5. The molecule has 42 heavy (non-hydrogen) atoms. The molecule has 0 saturated heterocycles. The van der Waals surface area contributed by atoms with Gasteiger partial charge in [-0.05, 0) is 65.7 Å². The van der Waals surface area contributed by atoms with Gasteiger partial charge in [-0.3, -0.25) is 4.90 Å². The summed E-state index contributed by atoms with van der Waals surface area (Å²) in [7, 11) is 1.60. The Bertz CT molecular complexity index is 1520. The van der Waals surface area contributed by atoms with Crippen LogP contribution in [0.15, 0.2) is 41.4 Å². The highest BCUT2D eigenvalue weighted by Crippen LogP contribution is 2.41. The lowest BCUT2D eigenvalue weighted by Gasteiger charge is -2.25. The first-order valence-corrected chi connectivity index (χ1v) is 13.5. The van der Waals surface area contributed by atoms with E-state index in [0.29, 0.717) is 52.8 Å². The number of halogens is 1. The number of ether oxygens (including phenoxy) is 3. The van der Waals surface area contributed by atoms with Crippen molar-refractivity contribution < 1.29 is 28.2 Å². The average Bonchev–Trinajstić information content (AvgIpc) is 3.33. The molecular formula is C31H36FN5O5. The number of nitrogens with zero attached hydrogens (tertiary/aromatic N) is 4. The number of anilines is 3. The Morgan fingerprint density at radius 1 is 1.05 bits per heavy atom. The molecule has 0 saturated carbocycles. The van der Waals surface area contributed by atoms with Crippen molar-refractivity contribution in [3.05, 3.63) is 59.2 Å². The first-order chi connectivity index (χ1) is 19.6. The summed E-state index contributed by atoms with van der Waals surface area (Å²) in [4.78, 5) is 38.7. The quantitative estimate of drug-likeness (QED) is 0.323. The van der Waals surface area contributed by atoms with Crippen molar-refractivity contribution in [2.75, 3.05) is 23.9 Å². The maximum Gasteiger partial charge on any atom is 0.434 e. The van der Waals surface area contributed by atoms with Crippen molar-refractivity contribution in [3.8, 4) is 16.9 Å². The molecule has 3 aromatic rings. The van der Waals surface area contributed by atoms with E-state index in [1.807, 2.05) is 0 Å². The van der Waals surface area contributed by atoms with Gasteiger partial charge < -0.3 is 19.5 Å². The van der Waals surface area contributed by atoms with E-state index >= 15 is 4.39 Å². The minimum absolute atomic E-state index is 0.0196. The van der Waals surface area contributed by atoms with E-state index in [2.05, 4.69) is 20.3 Å². The third kappa shape index (κ3) is 7.59. The van der Waals surface area contributed by atoms with Crippen LogP contribution in [-0.2, 0) is 15.9 Å². The Kier molecular flexibility index (Phi) is 8.51. The zero-order valence-corrected chi connectivity index (χ0v) is 25.2. The summed E-state index contributed by atoms with van der Waals surface area (Å²) in [5, 5.41) is 2.99. The van der Waals surface area contributed by atoms with E-state index in [-0.39, 0.29) is 11.4 Å². The van der Waals surface area contributed by atoms with Crippen LogP contribution in [0.2, 0.25) is 0 Å². The predicted octanol–water partition coefficient (Wildman–Crippen LogP) is 6.99. The molecule has 0 fully saturated rings. The topological polar surface area (TPSA) is 115 Å². The van der Waals surface area contributed by atoms with Crippen LogP contribution in [0.4, 0.5) is 31.3 Å². The Morgan fingerprint density at radius 2 is 1.71 bits per heavy atom. The van der Waals surface area contributed by atoms with Crippen LogP contribution in [-0.4, -0.2) is 53.2 Å². The fourth-order valence-corrected chi connectivity index (χ4v) is 4.13. The zero-order chi connectivity index (χ0) is 30.8. The molecule has 10 nitrogen and oxygen atoms in total. The maximum absolute atomic E-state index is 16.1. The number of aryl methyl sites for hydroxylation is 1. The van der Waals surface area contributed by atoms with Gasteiger partial charge in [-0.1, -0.05) is 24.3 Å². The van der Waals surface area contributed by atoms with E-state index in [0.717, 1.165) is 0 Å². The van der Waals surface area contributed by atoms with Gasteiger partial charge in [0.1, 0.15) is 17.0 Å². The van der Waals surface area contributed by atoms with Gasteiger partial charge >= 0.3 is 12.2 Å². The zero-order valence-electron chi connectivity index (χ0n) is 25.2. The number of fused-ring (bicyclic) bond motifs is 1. The van der Waals surface area contributed by atoms with Crippen molar-refractivity contribution in [2.24, 2.45) is 4.99 Å². The summed E-state index contributed by atoms with van der Waals surface area (Å²) in [6.07, 6.45) is 0.689.